The Labute approximate surface area is 138 Å². The second-order valence-corrected chi connectivity index (χ2v) is 5.64. The number of guanidine groups is 1. The highest BCUT2D eigenvalue weighted by Crippen LogP contribution is 2.35. The van der Waals surface area contributed by atoms with E-state index >= 15 is 0 Å². The molecule has 0 saturated carbocycles. The van der Waals surface area contributed by atoms with Gasteiger partial charge in [0.1, 0.15) is 6.61 Å². The molecular formula is C13H16Cl3N3O2. The Kier molecular flexibility index (Phi) is 6.23. The van der Waals surface area contributed by atoms with Crippen molar-refractivity contribution >= 4 is 40.8 Å². The minimum Gasteiger partial charge on any atom is -0.489 e. The Hall–Kier alpha value is -0.880. The molecule has 0 amide bonds. The van der Waals surface area contributed by atoms with Crippen molar-refractivity contribution in [1.82, 2.24) is 4.90 Å². The van der Waals surface area contributed by atoms with Crippen molar-refractivity contribution in [3.8, 4) is 5.75 Å². The minimum absolute atomic E-state index is 0.326. The van der Waals surface area contributed by atoms with Gasteiger partial charge in [-0.15, -0.1) is 0 Å². The molecule has 1 aliphatic heterocycles. The second kappa shape index (κ2) is 7.94. The van der Waals surface area contributed by atoms with E-state index in [2.05, 4.69) is 4.99 Å². The number of rotatable bonds is 4. The fourth-order valence-corrected chi connectivity index (χ4v) is 2.79. The van der Waals surface area contributed by atoms with Crippen molar-refractivity contribution in [3.05, 3.63) is 27.2 Å². The van der Waals surface area contributed by atoms with E-state index < -0.39 is 0 Å². The van der Waals surface area contributed by atoms with Gasteiger partial charge in [0, 0.05) is 18.1 Å². The third-order valence-corrected chi connectivity index (χ3v) is 3.69. The third-order valence-electron chi connectivity index (χ3n) is 2.91. The predicted molar refractivity (Wildman–Crippen MR) is 85.8 cm³/mol. The lowest BCUT2D eigenvalue weighted by atomic mass is 10.3. The number of hydrogen-bond donors (Lipinski definition) is 1. The van der Waals surface area contributed by atoms with Crippen LogP contribution in [-0.2, 0) is 4.74 Å². The highest BCUT2D eigenvalue weighted by molar-refractivity contribution is 6.40. The summed E-state index contributed by atoms with van der Waals surface area (Å²) in [4.78, 5) is 6.25. The van der Waals surface area contributed by atoms with Gasteiger partial charge >= 0.3 is 0 Å². The van der Waals surface area contributed by atoms with Crippen LogP contribution >= 0.6 is 34.8 Å². The Morgan fingerprint density at radius 1 is 1.24 bits per heavy atom. The lowest BCUT2D eigenvalue weighted by Crippen LogP contribution is -2.45. The van der Waals surface area contributed by atoms with Gasteiger partial charge in [0.05, 0.1) is 29.8 Å². The van der Waals surface area contributed by atoms with Crippen LogP contribution in [0.2, 0.25) is 15.1 Å². The summed E-state index contributed by atoms with van der Waals surface area (Å²) in [5, 5.41) is 1.21. The molecule has 1 aromatic carbocycles. The summed E-state index contributed by atoms with van der Waals surface area (Å²) in [5.74, 6) is 0.901. The maximum atomic E-state index is 6.02. The first kappa shape index (κ1) is 16.5. The van der Waals surface area contributed by atoms with E-state index in [-0.39, 0.29) is 0 Å². The second-order valence-electron chi connectivity index (χ2n) is 4.39. The molecule has 21 heavy (non-hydrogen) atoms. The molecule has 1 aromatic rings. The van der Waals surface area contributed by atoms with Crippen molar-refractivity contribution in [2.45, 2.75) is 0 Å². The van der Waals surface area contributed by atoms with Crippen molar-refractivity contribution in [1.29, 1.82) is 0 Å². The van der Waals surface area contributed by atoms with E-state index in [0.717, 1.165) is 13.1 Å². The fourth-order valence-electron chi connectivity index (χ4n) is 1.87. The molecule has 0 bridgehead atoms. The first-order valence-electron chi connectivity index (χ1n) is 6.48. The fraction of sp³-hybridized carbons (Fsp3) is 0.462. The van der Waals surface area contributed by atoms with E-state index in [0.29, 0.717) is 53.1 Å². The van der Waals surface area contributed by atoms with Crippen LogP contribution < -0.4 is 10.5 Å². The summed E-state index contributed by atoms with van der Waals surface area (Å²) in [6, 6.07) is 3.16. The number of aliphatic imine (C=N–C) groups is 1. The number of halogens is 3. The van der Waals surface area contributed by atoms with Crippen LogP contribution in [0.5, 0.6) is 5.75 Å². The molecule has 0 radical (unpaired) electrons. The van der Waals surface area contributed by atoms with Crippen molar-refractivity contribution < 1.29 is 9.47 Å². The molecule has 1 heterocycles. The van der Waals surface area contributed by atoms with E-state index in [4.69, 9.17) is 50.0 Å². The lowest BCUT2D eigenvalue weighted by molar-refractivity contribution is 0.0674. The van der Waals surface area contributed by atoms with E-state index in [1.807, 2.05) is 4.90 Å². The Balaban J connectivity index is 1.84. The normalized spacial score (nSPS) is 16.1. The zero-order valence-electron chi connectivity index (χ0n) is 11.3. The lowest BCUT2D eigenvalue weighted by Gasteiger charge is -2.27. The zero-order valence-corrected chi connectivity index (χ0v) is 13.6. The summed E-state index contributed by atoms with van der Waals surface area (Å²) in [7, 11) is 0. The number of nitrogens with zero attached hydrogens (tertiary/aromatic N) is 2. The average Bonchev–Trinajstić information content (AvgIpc) is 2.46. The van der Waals surface area contributed by atoms with E-state index in [1.54, 1.807) is 12.1 Å². The van der Waals surface area contributed by atoms with E-state index in [9.17, 15) is 0 Å². The molecule has 1 aliphatic rings. The number of nitrogens with two attached hydrogens (primary N) is 1. The molecule has 1 saturated heterocycles. The van der Waals surface area contributed by atoms with Gasteiger partial charge in [-0.3, -0.25) is 0 Å². The van der Waals surface area contributed by atoms with Crippen LogP contribution in [0.15, 0.2) is 17.1 Å². The number of hydrogen-bond acceptors (Lipinski definition) is 3. The summed E-state index contributed by atoms with van der Waals surface area (Å²) < 4.78 is 10.8. The average molecular weight is 353 g/mol. The Morgan fingerprint density at radius 3 is 2.48 bits per heavy atom. The quantitative estimate of drug-likeness (QED) is 0.514. The Morgan fingerprint density at radius 2 is 1.86 bits per heavy atom. The SMILES string of the molecule is NC(=NCCOc1c(Cl)cc(Cl)cc1Cl)N1CCOCC1. The first-order chi connectivity index (χ1) is 10.1. The third kappa shape index (κ3) is 4.81. The molecular weight excluding hydrogens is 337 g/mol. The van der Waals surface area contributed by atoms with Gasteiger partial charge in [0.2, 0.25) is 0 Å². The number of morpholine rings is 1. The molecule has 0 atom stereocenters. The monoisotopic (exact) mass is 351 g/mol. The van der Waals surface area contributed by atoms with Gasteiger partial charge in [-0.05, 0) is 12.1 Å². The van der Waals surface area contributed by atoms with E-state index in [1.165, 1.54) is 0 Å². The van der Waals surface area contributed by atoms with Gasteiger partial charge in [-0.25, -0.2) is 4.99 Å². The zero-order chi connectivity index (χ0) is 15.2. The van der Waals surface area contributed by atoms with Crippen LogP contribution in [0, 0.1) is 0 Å². The largest absolute Gasteiger partial charge is 0.489 e. The number of benzene rings is 1. The molecule has 2 N–H and O–H groups in total. The number of ether oxygens (including phenoxy) is 2. The molecule has 0 unspecified atom stereocenters. The summed E-state index contributed by atoms with van der Waals surface area (Å²) >= 11 is 17.9. The molecule has 1 fully saturated rings. The van der Waals surface area contributed by atoms with Crippen molar-refractivity contribution in [2.75, 3.05) is 39.5 Å². The Bertz CT molecular complexity index is 496. The van der Waals surface area contributed by atoms with Crippen LogP contribution in [0.1, 0.15) is 0 Å². The van der Waals surface area contributed by atoms with Crippen molar-refractivity contribution in [2.24, 2.45) is 10.7 Å². The minimum atomic E-state index is 0.326. The van der Waals surface area contributed by atoms with Gasteiger partial charge in [0.25, 0.3) is 0 Å². The van der Waals surface area contributed by atoms with Gasteiger partial charge < -0.3 is 20.1 Å². The van der Waals surface area contributed by atoms with Gasteiger partial charge in [-0.1, -0.05) is 34.8 Å². The summed E-state index contributed by atoms with van der Waals surface area (Å²) in [5.41, 5.74) is 5.90. The van der Waals surface area contributed by atoms with Gasteiger partial charge in [-0.2, -0.15) is 0 Å². The van der Waals surface area contributed by atoms with Crippen molar-refractivity contribution in [3.63, 3.8) is 0 Å². The standard InChI is InChI=1S/C13H16Cl3N3O2/c14-9-7-10(15)12(11(16)8-9)21-4-1-18-13(17)19-2-5-20-6-3-19/h7-8H,1-6H2,(H2,17,18). The van der Waals surface area contributed by atoms with Crippen LogP contribution in [-0.4, -0.2) is 50.3 Å². The molecule has 116 valence electrons. The smallest absolute Gasteiger partial charge is 0.191 e. The molecule has 0 aliphatic carbocycles. The first-order valence-corrected chi connectivity index (χ1v) is 7.61. The van der Waals surface area contributed by atoms with Gasteiger partial charge in [0.15, 0.2) is 11.7 Å². The van der Waals surface area contributed by atoms with Crippen LogP contribution in [0.4, 0.5) is 0 Å². The molecule has 2 rings (SSSR count). The van der Waals surface area contributed by atoms with Crippen LogP contribution in [0.3, 0.4) is 0 Å². The maximum Gasteiger partial charge on any atom is 0.191 e. The summed E-state index contributed by atoms with van der Waals surface area (Å²) in [6.45, 7) is 3.59. The topological polar surface area (TPSA) is 60.1 Å². The molecule has 0 spiro atoms. The highest BCUT2D eigenvalue weighted by atomic mass is 35.5. The summed E-state index contributed by atoms with van der Waals surface area (Å²) in [6.07, 6.45) is 0. The predicted octanol–water partition coefficient (Wildman–Crippen LogP) is 2.67. The molecule has 5 nitrogen and oxygen atoms in total. The maximum absolute atomic E-state index is 6.02. The molecule has 0 aromatic heterocycles. The van der Waals surface area contributed by atoms with Crippen LogP contribution in [0.25, 0.3) is 0 Å². The molecule has 8 heteroatoms. The highest BCUT2D eigenvalue weighted by Gasteiger charge is 2.12.